The van der Waals surface area contributed by atoms with Gasteiger partial charge in [0.05, 0.1) is 24.6 Å². The van der Waals surface area contributed by atoms with E-state index in [0.717, 1.165) is 6.42 Å². The monoisotopic (exact) mass is 448 g/mol. The Morgan fingerprint density at radius 3 is 1.90 bits per heavy atom. The molecule has 0 rings (SSSR count). The van der Waals surface area contributed by atoms with Crippen molar-refractivity contribution in [2.75, 3.05) is 12.3 Å². The molecule has 7 atom stereocenters. The Balaban J connectivity index is 5.42. The number of thiol groups is 1. The molecule has 1 unspecified atom stereocenters. The van der Waals surface area contributed by atoms with Crippen molar-refractivity contribution < 1.29 is 24.6 Å². The summed E-state index contributed by atoms with van der Waals surface area (Å²) in [7, 11) is 0. The average Bonchev–Trinajstić information content (AvgIpc) is 2.69. The minimum absolute atomic E-state index is 0.00924. The minimum Gasteiger partial charge on any atom is -0.481 e. The summed E-state index contributed by atoms with van der Waals surface area (Å²) >= 11 is 4.16. The number of carbonyl (C=O) groups excluding carboxylic acids is 2. The second-order valence-electron chi connectivity index (χ2n) is 8.04. The van der Waals surface area contributed by atoms with Crippen LogP contribution in [0.2, 0.25) is 0 Å². The number of carboxylic acids is 1. The van der Waals surface area contributed by atoms with Crippen LogP contribution in [0.5, 0.6) is 0 Å². The molecule has 2 amide bonds. The maximum Gasteiger partial charge on any atom is 0.305 e. The number of hydrogen-bond acceptors (Lipinski definition) is 7. The van der Waals surface area contributed by atoms with Crippen LogP contribution in [0.15, 0.2) is 0 Å². The average molecular weight is 449 g/mol. The topological polar surface area (TPSA) is 154 Å². The van der Waals surface area contributed by atoms with E-state index in [9.17, 15) is 19.5 Å². The zero-order chi connectivity index (χ0) is 23.4. The third-order valence-electron chi connectivity index (χ3n) is 5.43. The van der Waals surface area contributed by atoms with Crippen molar-refractivity contribution in [3.05, 3.63) is 0 Å². The summed E-state index contributed by atoms with van der Waals surface area (Å²) in [5.41, 5.74) is 5.90. The predicted octanol–water partition coefficient (Wildman–Crippen LogP) is 0.119. The largest absolute Gasteiger partial charge is 0.481 e. The normalized spacial score (nSPS) is 18.4. The highest BCUT2D eigenvalue weighted by Gasteiger charge is 2.33. The number of amides is 2. The van der Waals surface area contributed by atoms with Crippen molar-refractivity contribution in [3.8, 4) is 0 Å². The van der Waals surface area contributed by atoms with Gasteiger partial charge in [-0.2, -0.15) is 12.6 Å². The van der Waals surface area contributed by atoms with E-state index in [1.807, 2.05) is 27.7 Å². The fraction of sp³-hybridized carbons (Fsp3) is 0.850. The lowest BCUT2D eigenvalue weighted by Crippen LogP contribution is -2.59. The number of nitrogens with one attached hydrogen (secondary N) is 3. The van der Waals surface area contributed by atoms with Crippen LogP contribution < -0.4 is 21.7 Å². The van der Waals surface area contributed by atoms with Gasteiger partial charge < -0.3 is 31.9 Å². The first-order valence-electron chi connectivity index (χ1n) is 10.6. The number of carboxylic acid groups (broad SMARTS) is 1. The van der Waals surface area contributed by atoms with Gasteiger partial charge in [0.1, 0.15) is 6.04 Å². The Bertz CT molecular complexity index is 549. The summed E-state index contributed by atoms with van der Waals surface area (Å²) in [6.45, 7) is 9.48. The summed E-state index contributed by atoms with van der Waals surface area (Å²) in [5.74, 6) is -1.67. The molecule has 0 saturated heterocycles. The van der Waals surface area contributed by atoms with Gasteiger partial charge in [0.2, 0.25) is 11.8 Å². The summed E-state index contributed by atoms with van der Waals surface area (Å²) in [6.07, 6.45) is -0.0776. The molecule has 9 nitrogen and oxygen atoms in total. The van der Waals surface area contributed by atoms with Gasteiger partial charge in [-0.15, -0.1) is 0 Å². The zero-order valence-corrected chi connectivity index (χ0v) is 19.6. The molecule has 10 heteroatoms. The van der Waals surface area contributed by atoms with Crippen molar-refractivity contribution >= 4 is 30.4 Å². The van der Waals surface area contributed by atoms with Gasteiger partial charge in [0.15, 0.2) is 0 Å². The van der Waals surface area contributed by atoms with E-state index in [0.29, 0.717) is 18.7 Å². The molecule has 176 valence electrons. The van der Waals surface area contributed by atoms with Crippen LogP contribution >= 0.6 is 12.6 Å². The lowest BCUT2D eigenvalue weighted by atomic mass is 9.94. The highest BCUT2D eigenvalue weighted by atomic mass is 32.1. The van der Waals surface area contributed by atoms with Crippen LogP contribution in [0.4, 0.5) is 0 Å². The van der Waals surface area contributed by atoms with E-state index >= 15 is 0 Å². The second kappa shape index (κ2) is 14.6. The summed E-state index contributed by atoms with van der Waals surface area (Å²) < 4.78 is 0. The first kappa shape index (κ1) is 28.6. The molecule has 0 aliphatic carbocycles. The highest BCUT2D eigenvalue weighted by molar-refractivity contribution is 7.80. The second-order valence-corrected chi connectivity index (χ2v) is 8.40. The molecule has 0 saturated carbocycles. The standard InChI is InChI=1S/C20H40N4O5S/c1-6-11(3)17(22-9-14(21)10-30)19(28)24-18(12(4)7-2)20(29)23-15(13(5)25)8-16(26)27/h11-15,17-18,22,25,30H,6-10,21H2,1-5H3,(H,23,29)(H,24,28)(H,26,27)/t11-,12-,13?,14+,15-,17-,18-/m0/s1. The molecule has 0 fully saturated rings. The van der Waals surface area contributed by atoms with Gasteiger partial charge in [-0.25, -0.2) is 0 Å². The van der Waals surface area contributed by atoms with Crippen molar-refractivity contribution in [1.82, 2.24) is 16.0 Å². The van der Waals surface area contributed by atoms with Crippen molar-refractivity contribution in [2.45, 2.75) is 84.2 Å². The number of hydrogen-bond donors (Lipinski definition) is 7. The van der Waals surface area contributed by atoms with Gasteiger partial charge in [0, 0.05) is 18.3 Å². The van der Waals surface area contributed by atoms with Crippen LogP contribution in [0.25, 0.3) is 0 Å². The third-order valence-corrected chi connectivity index (χ3v) is 5.90. The molecule has 0 radical (unpaired) electrons. The summed E-state index contributed by atoms with van der Waals surface area (Å²) in [5, 5.41) is 27.4. The third kappa shape index (κ3) is 10.1. The Labute approximate surface area is 185 Å². The van der Waals surface area contributed by atoms with Crippen LogP contribution in [0, 0.1) is 11.8 Å². The molecule has 0 aromatic rings. The Morgan fingerprint density at radius 2 is 1.47 bits per heavy atom. The van der Waals surface area contributed by atoms with Crippen LogP contribution in [-0.2, 0) is 14.4 Å². The Hall–Kier alpha value is -1.36. The van der Waals surface area contributed by atoms with Gasteiger partial charge in [-0.3, -0.25) is 14.4 Å². The summed E-state index contributed by atoms with van der Waals surface area (Å²) in [4.78, 5) is 36.9. The van der Waals surface area contributed by atoms with Crippen molar-refractivity contribution in [1.29, 1.82) is 0 Å². The number of nitrogens with two attached hydrogens (primary N) is 1. The lowest BCUT2D eigenvalue weighted by molar-refractivity contribution is -0.139. The highest BCUT2D eigenvalue weighted by Crippen LogP contribution is 2.13. The number of aliphatic hydroxyl groups is 1. The first-order chi connectivity index (χ1) is 14.0. The molecule has 30 heavy (non-hydrogen) atoms. The van der Waals surface area contributed by atoms with E-state index < -0.39 is 42.5 Å². The smallest absolute Gasteiger partial charge is 0.305 e. The van der Waals surface area contributed by atoms with E-state index in [-0.39, 0.29) is 23.8 Å². The lowest BCUT2D eigenvalue weighted by Gasteiger charge is -2.30. The molecular weight excluding hydrogens is 408 g/mol. The van der Waals surface area contributed by atoms with Gasteiger partial charge in [-0.05, 0) is 18.8 Å². The number of carbonyl (C=O) groups is 3. The Kier molecular flexibility index (Phi) is 13.9. The molecule has 0 aromatic heterocycles. The van der Waals surface area contributed by atoms with Crippen LogP contribution in [-0.4, -0.2) is 70.6 Å². The molecule has 0 aliphatic rings. The van der Waals surface area contributed by atoms with Crippen molar-refractivity contribution in [3.63, 3.8) is 0 Å². The van der Waals surface area contributed by atoms with E-state index in [1.54, 1.807) is 0 Å². The first-order valence-corrected chi connectivity index (χ1v) is 11.2. The van der Waals surface area contributed by atoms with Crippen LogP contribution in [0.1, 0.15) is 53.9 Å². The molecule has 0 bridgehead atoms. The molecule has 0 spiro atoms. The van der Waals surface area contributed by atoms with Crippen molar-refractivity contribution in [2.24, 2.45) is 17.6 Å². The zero-order valence-electron chi connectivity index (χ0n) is 18.7. The number of aliphatic hydroxyl groups excluding tert-OH is 1. The van der Waals surface area contributed by atoms with Gasteiger partial charge in [-0.1, -0.05) is 40.5 Å². The van der Waals surface area contributed by atoms with E-state index in [4.69, 9.17) is 10.8 Å². The van der Waals surface area contributed by atoms with Gasteiger partial charge >= 0.3 is 5.97 Å². The molecule has 0 heterocycles. The Morgan fingerprint density at radius 1 is 0.967 bits per heavy atom. The SMILES string of the molecule is CC[C@H](C)[C@H](NC[C@@H](N)CS)C(=O)N[C@H](C(=O)N[C@@H](CC(=O)O)C(C)O)[C@@H](C)CC. The summed E-state index contributed by atoms with van der Waals surface area (Å²) in [6, 6.07) is -2.55. The molecule has 0 aromatic carbocycles. The predicted molar refractivity (Wildman–Crippen MR) is 120 cm³/mol. The molecule has 7 N–H and O–H groups in total. The maximum atomic E-state index is 13.0. The number of rotatable bonds is 15. The minimum atomic E-state index is -1.13. The van der Waals surface area contributed by atoms with Gasteiger partial charge in [0.25, 0.3) is 0 Å². The number of aliphatic carboxylic acids is 1. The van der Waals surface area contributed by atoms with E-state index in [2.05, 4.69) is 28.6 Å². The molecule has 0 aliphatic heterocycles. The molecular formula is C20H40N4O5S. The van der Waals surface area contributed by atoms with Crippen LogP contribution in [0.3, 0.4) is 0 Å². The quantitative estimate of drug-likeness (QED) is 0.176. The van der Waals surface area contributed by atoms with E-state index in [1.165, 1.54) is 6.92 Å². The maximum absolute atomic E-state index is 13.0. The fourth-order valence-electron chi connectivity index (χ4n) is 2.88. The fourth-order valence-corrected chi connectivity index (χ4v) is 3.01.